The largest absolute Gasteiger partial charge is 0.376 e. The van der Waals surface area contributed by atoms with Crippen molar-refractivity contribution in [2.75, 3.05) is 32.8 Å². The third kappa shape index (κ3) is 2.59. The van der Waals surface area contributed by atoms with Crippen LogP contribution in [0.2, 0.25) is 0 Å². The molecule has 3 aliphatic heterocycles. The van der Waals surface area contributed by atoms with Crippen LogP contribution in [-0.2, 0) is 9.53 Å². The molecule has 0 aromatic carbocycles. The van der Waals surface area contributed by atoms with Crippen LogP contribution < -0.4 is 5.32 Å². The molecule has 0 spiro atoms. The lowest BCUT2D eigenvalue weighted by Gasteiger charge is -2.30. The highest BCUT2D eigenvalue weighted by atomic mass is 35.5. The summed E-state index contributed by atoms with van der Waals surface area (Å²) in [7, 11) is 0. The molecule has 3 heterocycles. The maximum absolute atomic E-state index is 11.6. The predicted octanol–water partition coefficient (Wildman–Crippen LogP) is 0.655. The number of carbonyl (C=O) groups excluding carboxylic acids is 1. The molecular formula is C12H21ClN2O2. The molecule has 4 nitrogen and oxygen atoms in total. The highest BCUT2D eigenvalue weighted by Crippen LogP contribution is 2.32. The first-order valence-electron chi connectivity index (χ1n) is 6.44. The van der Waals surface area contributed by atoms with Crippen molar-refractivity contribution in [2.45, 2.75) is 25.4 Å². The van der Waals surface area contributed by atoms with Crippen LogP contribution in [0, 0.1) is 11.8 Å². The van der Waals surface area contributed by atoms with Gasteiger partial charge in [0.05, 0.1) is 12.7 Å². The van der Waals surface area contributed by atoms with E-state index < -0.39 is 0 Å². The van der Waals surface area contributed by atoms with Crippen LogP contribution in [0.5, 0.6) is 0 Å². The molecule has 3 aliphatic rings. The number of hydrogen-bond donors (Lipinski definition) is 1. The molecular weight excluding hydrogens is 240 g/mol. The summed E-state index contributed by atoms with van der Waals surface area (Å²) in [6, 6.07) is 0. The molecule has 98 valence electrons. The number of likely N-dealkylation sites (tertiary alicyclic amines) is 1. The molecule has 1 N–H and O–H groups in total. The van der Waals surface area contributed by atoms with Gasteiger partial charge < -0.3 is 15.0 Å². The average Bonchev–Trinajstić information content (AvgIpc) is 2.88. The Labute approximate surface area is 108 Å². The molecule has 3 fully saturated rings. The number of nitrogens with one attached hydrogen (secondary N) is 1. The maximum Gasteiger partial charge on any atom is 0.222 e. The van der Waals surface area contributed by atoms with Gasteiger partial charge in [0.25, 0.3) is 0 Å². The molecule has 0 bridgehead atoms. The quantitative estimate of drug-likeness (QED) is 0.793. The normalized spacial score (nSPS) is 36.8. The first-order valence-corrected chi connectivity index (χ1v) is 6.44. The highest BCUT2D eigenvalue weighted by Gasteiger charge is 2.40. The Bertz CT molecular complexity index is 288. The SMILES string of the molecule is Cl.O=C1CCCN1C[C@H]1OC[C@@H]2CCNC[C@@H]21. The summed E-state index contributed by atoms with van der Waals surface area (Å²) in [4.78, 5) is 13.6. The van der Waals surface area contributed by atoms with Crippen LogP contribution in [0.15, 0.2) is 0 Å². The van der Waals surface area contributed by atoms with Crippen molar-refractivity contribution in [2.24, 2.45) is 11.8 Å². The first-order chi connectivity index (χ1) is 7.84. The van der Waals surface area contributed by atoms with Crippen LogP contribution in [0.1, 0.15) is 19.3 Å². The molecule has 0 unspecified atom stereocenters. The second-order valence-electron chi connectivity index (χ2n) is 5.23. The van der Waals surface area contributed by atoms with Crippen LogP contribution >= 0.6 is 12.4 Å². The first kappa shape index (κ1) is 13.1. The number of piperidine rings is 1. The van der Waals surface area contributed by atoms with E-state index in [2.05, 4.69) is 5.32 Å². The zero-order valence-electron chi connectivity index (χ0n) is 10.1. The molecule has 0 saturated carbocycles. The van der Waals surface area contributed by atoms with Crippen LogP contribution in [0.3, 0.4) is 0 Å². The number of halogens is 1. The standard InChI is InChI=1S/C12H20N2O2.ClH/c15-12-2-1-5-14(12)7-11-10-6-13-4-3-9(10)8-16-11;/h9-11,13H,1-8H2;1H/t9-,10-,11+;/m0./s1. The molecule has 1 amide bonds. The summed E-state index contributed by atoms with van der Waals surface area (Å²) >= 11 is 0. The Morgan fingerprint density at radius 2 is 2.35 bits per heavy atom. The van der Waals surface area contributed by atoms with E-state index in [0.717, 1.165) is 51.5 Å². The van der Waals surface area contributed by atoms with Crippen molar-refractivity contribution in [3.63, 3.8) is 0 Å². The second-order valence-corrected chi connectivity index (χ2v) is 5.23. The molecule has 17 heavy (non-hydrogen) atoms. The minimum Gasteiger partial charge on any atom is -0.376 e. The summed E-state index contributed by atoms with van der Waals surface area (Å²) in [5.41, 5.74) is 0. The van der Waals surface area contributed by atoms with Gasteiger partial charge in [0.2, 0.25) is 5.91 Å². The summed E-state index contributed by atoms with van der Waals surface area (Å²) in [6.07, 6.45) is 3.27. The van der Waals surface area contributed by atoms with Gasteiger partial charge in [0, 0.05) is 32.0 Å². The van der Waals surface area contributed by atoms with Crippen molar-refractivity contribution in [3.8, 4) is 0 Å². The summed E-state index contributed by atoms with van der Waals surface area (Å²) in [5.74, 6) is 1.67. The zero-order valence-corrected chi connectivity index (χ0v) is 10.9. The van der Waals surface area contributed by atoms with Gasteiger partial charge in [-0.2, -0.15) is 0 Å². The van der Waals surface area contributed by atoms with Gasteiger partial charge in [-0.3, -0.25) is 4.79 Å². The second kappa shape index (κ2) is 5.55. The number of fused-ring (bicyclic) bond motifs is 1. The minimum atomic E-state index is 0. The molecule has 0 aliphatic carbocycles. The summed E-state index contributed by atoms with van der Waals surface area (Å²) in [6.45, 7) is 4.85. The van der Waals surface area contributed by atoms with Gasteiger partial charge in [-0.15, -0.1) is 12.4 Å². The van der Waals surface area contributed by atoms with Gasteiger partial charge in [0.15, 0.2) is 0 Å². The lowest BCUT2D eigenvalue weighted by molar-refractivity contribution is -0.129. The predicted molar refractivity (Wildman–Crippen MR) is 67.3 cm³/mol. The highest BCUT2D eigenvalue weighted by molar-refractivity contribution is 5.85. The lowest BCUT2D eigenvalue weighted by Crippen LogP contribution is -2.43. The number of rotatable bonds is 2. The fraction of sp³-hybridized carbons (Fsp3) is 0.917. The fourth-order valence-corrected chi connectivity index (χ4v) is 3.25. The molecule has 5 heteroatoms. The molecule has 3 atom stereocenters. The zero-order chi connectivity index (χ0) is 11.0. The Kier molecular flexibility index (Phi) is 4.28. The van der Waals surface area contributed by atoms with E-state index >= 15 is 0 Å². The third-order valence-corrected chi connectivity index (χ3v) is 4.25. The van der Waals surface area contributed by atoms with Gasteiger partial charge >= 0.3 is 0 Å². The Hall–Kier alpha value is -0.320. The maximum atomic E-state index is 11.6. The van der Waals surface area contributed by atoms with Gasteiger partial charge in [-0.25, -0.2) is 0 Å². The van der Waals surface area contributed by atoms with E-state index in [4.69, 9.17) is 4.74 Å². The minimum absolute atomic E-state index is 0. The van der Waals surface area contributed by atoms with E-state index in [9.17, 15) is 4.79 Å². The van der Waals surface area contributed by atoms with E-state index in [0.29, 0.717) is 11.8 Å². The van der Waals surface area contributed by atoms with Gasteiger partial charge in [-0.05, 0) is 25.3 Å². The summed E-state index contributed by atoms with van der Waals surface area (Å²) in [5, 5.41) is 3.44. The number of hydrogen-bond acceptors (Lipinski definition) is 3. The Balaban J connectivity index is 0.00000108. The Morgan fingerprint density at radius 3 is 3.12 bits per heavy atom. The molecule has 0 aromatic heterocycles. The van der Waals surface area contributed by atoms with Crippen molar-refractivity contribution in [1.82, 2.24) is 10.2 Å². The van der Waals surface area contributed by atoms with E-state index in [1.165, 1.54) is 6.42 Å². The van der Waals surface area contributed by atoms with Gasteiger partial charge in [-0.1, -0.05) is 0 Å². The van der Waals surface area contributed by atoms with E-state index in [1.807, 2.05) is 4.90 Å². The van der Waals surface area contributed by atoms with E-state index in [1.54, 1.807) is 0 Å². The van der Waals surface area contributed by atoms with Crippen LogP contribution in [0.25, 0.3) is 0 Å². The van der Waals surface area contributed by atoms with Crippen molar-refractivity contribution in [1.29, 1.82) is 0 Å². The van der Waals surface area contributed by atoms with Crippen molar-refractivity contribution in [3.05, 3.63) is 0 Å². The topological polar surface area (TPSA) is 41.6 Å². The number of carbonyl (C=O) groups is 1. The average molecular weight is 261 g/mol. The summed E-state index contributed by atoms with van der Waals surface area (Å²) < 4.78 is 5.88. The van der Waals surface area contributed by atoms with E-state index in [-0.39, 0.29) is 18.5 Å². The van der Waals surface area contributed by atoms with Crippen molar-refractivity contribution < 1.29 is 9.53 Å². The van der Waals surface area contributed by atoms with Crippen LogP contribution in [-0.4, -0.2) is 49.7 Å². The fourth-order valence-electron chi connectivity index (χ4n) is 3.25. The number of nitrogens with zero attached hydrogens (tertiary/aromatic N) is 1. The Morgan fingerprint density at radius 1 is 1.47 bits per heavy atom. The molecule has 3 rings (SSSR count). The molecule has 0 aromatic rings. The lowest BCUT2D eigenvalue weighted by atomic mass is 9.85. The van der Waals surface area contributed by atoms with Crippen LogP contribution in [0.4, 0.5) is 0 Å². The number of amides is 1. The third-order valence-electron chi connectivity index (χ3n) is 4.25. The van der Waals surface area contributed by atoms with Gasteiger partial charge in [0.1, 0.15) is 0 Å². The monoisotopic (exact) mass is 260 g/mol. The molecule has 3 saturated heterocycles. The van der Waals surface area contributed by atoms with Crippen molar-refractivity contribution >= 4 is 18.3 Å². The smallest absolute Gasteiger partial charge is 0.222 e. The number of ether oxygens (including phenoxy) is 1. The molecule has 0 radical (unpaired) electrons.